The number of carbonyl (C=O) groups excluding carboxylic acids is 1. The molecule has 0 saturated carbocycles. The number of carbonyl (C=O) groups is 1. The maximum Gasteiger partial charge on any atom is 0.244 e. The Bertz CT molecular complexity index is 634. The number of hydrogen-bond acceptors (Lipinski definition) is 4. The van der Waals surface area contributed by atoms with E-state index in [1.165, 1.54) is 0 Å². The van der Waals surface area contributed by atoms with E-state index in [1.54, 1.807) is 28.0 Å². The molecule has 2 aromatic heterocycles. The Morgan fingerprint density at radius 2 is 2.25 bits per heavy atom. The Labute approximate surface area is 130 Å². The molecule has 0 atom stereocenters. The number of likely N-dealkylation sites (N-methyl/N-ethyl adjacent to an activating group) is 1. The predicted molar refractivity (Wildman–Crippen MR) is 84.6 cm³/mol. The summed E-state index contributed by atoms with van der Waals surface area (Å²) in [5, 5.41) is 6.32. The maximum atomic E-state index is 12.2. The number of halogens is 1. The summed E-state index contributed by atoms with van der Waals surface area (Å²) in [4.78, 5) is 13.9. The van der Waals surface area contributed by atoms with Gasteiger partial charge in [-0.15, -0.1) is 11.3 Å². The van der Waals surface area contributed by atoms with Crippen molar-refractivity contribution < 1.29 is 4.79 Å². The van der Waals surface area contributed by atoms with Crippen molar-refractivity contribution in [3.8, 4) is 0 Å². The van der Waals surface area contributed by atoms with Crippen molar-refractivity contribution >= 4 is 38.9 Å². The maximum absolute atomic E-state index is 12.2. The standard InChI is InChI=1S/C13H17BrN4OS/c1-8-13(15)9(2)18(16-8)6-12(19)17(3)5-10-4-11(14)20-7-10/h4,7H,5-6,15H2,1-3H3. The lowest BCUT2D eigenvalue weighted by Crippen LogP contribution is -2.30. The van der Waals surface area contributed by atoms with Crippen molar-refractivity contribution in [2.45, 2.75) is 26.9 Å². The third-order valence-electron chi connectivity index (χ3n) is 3.19. The van der Waals surface area contributed by atoms with Crippen LogP contribution in [0.3, 0.4) is 0 Å². The molecule has 108 valence electrons. The zero-order valence-electron chi connectivity index (χ0n) is 11.7. The van der Waals surface area contributed by atoms with Gasteiger partial charge in [-0.2, -0.15) is 5.10 Å². The summed E-state index contributed by atoms with van der Waals surface area (Å²) in [5.74, 6) is 0.0120. The van der Waals surface area contributed by atoms with E-state index in [2.05, 4.69) is 21.0 Å². The molecular weight excluding hydrogens is 340 g/mol. The van der Waals surface area contributed by atoms with Crippen LogP contribution in [-0.2, 0) is 17.9 Å². The average molecular weight is 357 g/mol. The first-order chi connectivity index (χ1) is 9.38. The predicted octanol–water partition coefficient (Wildman–Crippen LogP) is 2.56. The van der Waals surface area contributed by atoms with Crippen molar-refractivity contribution in [2.75, 3.05) is 12.8 Å². The second kappa shape index (κ2) is 5.97. The average Bonchev–Trinajstić information content (AvgIpc) is 2.89. The third-order valence-corrected chi connectivity index (χ3v) is 4.74. The van der Waals surface area contributed by atoms with Gasteiger partial charge in [0.2, 0.25) is 5.91 Å². The Kier molecular flexibility index (Phi) is 4.49. The summed E-state index contributed by atoms with van der Waals surface area (Å²) >= 11 is 5.03. The zero-order valence-corrected chi connectivity index (χ0v) is 14.1. The summed E-state index contributed by atoms with van der Waals surface area (Å²) in [6.07, 6.45) is 0. The van der Waals surface area contributed by atoms with Gasteiger partial charge >= 0.3 is 0 Å². The molecule has 0 saturated heterocycles. The first-order valence-electron chi connectivity index (χ1n) is 6.15. The van der Waals surface area contributed by atoms with Crippen LogP contribution in [-0.4, -0.2) is 27.6 Å². The van der Waals surface area contributed by atoms with Crippen molar-refractivity contribution in [1.29, 1.82) is 0 Å². The molecule has 2 aromatic rings. The second-order valence-electron chi connectivity index (χ2n) is 4.75. The Hall–Kier alpha value is -1.34. The summed E-state index contributed by atoms with van der Waals surface area (Å²) < 4.78 is 2.73. The van der Waals surface area contributed by atoms with Gasteiger partial charge < -0.3 is 10.6 Å². The largest absolute Gasteiger partial charge is 0.396 e. The summed E-state index contributed by atoms with van der Waals surface area (Å²) in [7, 11) is 1.79. The van der Waals surface area contributed by atoms with E-state index in [1.807, 2.05) is 25.3 Å². The molecule has 0 radical (unpaired) electrons. The van der Waals surface area contributed by atoms with Crippen molar-refractivity contribution in [3.63, 3.8) is 0 Å². The fraction of sp³-hybridized carbons (Fsp3) is 0.385. The van der Waals surface area contributed by atoms with Gasteiger partial charge in [-0.05, 0) is 46.8 Å². The number of aryl methyl sites for hydroxylation is 1. The number of aromatic nitrogens is 2. The number of nitrogens with two attached hydrogens (primary N) is 1. The van der Waals surface area contributed by atoms with Crippen LogP contribution in [0.15, 0.2) is 15.2 Å². The van der Waals surface area contributed by atoms with Gasteiger partial charge in [0.25, 0.3) is 0 Å². The Morgan fingerprint density at radius 1 is 1.55 bits per heavy atom. The topological polar surface area (TPSA) is 64.2 Å². The smallest absolute Gasteiger partial charge is 0.244 e. The number of amides is 1. The fourth-order valence-corrected chi connectivity index (χ4v) is 3.10. The quantitative estimate of drug-likeness (QED) is 0.915. The van der Waals surface area contributed by atoms with Gasteiger partial charge in [0, 0.05) is 13.6 Å². The highest BCUT2D eigenvalue weighted by atomic mass is 79.9. The molecule has 0 fully saturated rings. The molecule has 0 bridgehead atoms. The molecule has 2 rings (SSSR count). The molecular formula is C13H17BrN4OS. The SMILES string of the molecule is Cc1nn(CC(=O)N(C)Cc2csc(Br)c2)c(C)c1N. The van der Waals surface area contributed by atoms with Crippen LogP contribution in [0.25, 0.3) is 0 Å². The Balaban J connectivity index is 2.02. The third kappa shape index (κ3) is 3.21. The molecule has 0 spiro atoms. The molecule has 0 aromatic carbocycles. The molecule has 0 aliphatic heterocycles. The van der Waals surface area contributed by atoms with E-state index >= 15 is 0 Å². The molecule has 1 amide bonds. The number of nitrogen functional groups attached to an aromatic ring is 1. The van der Waals surface area contributed by atoms with Gasteiger partial charge in [0.05, 0.1) is 20.9 Å². The molecule has 2 heterocycles. The molecule has 0 aliphatic carbocycles. The summed E-state index contributed by atoms with van der Waals surface area (Å²) in [6, 6.07) is 2.02. The number of hydrogen-bond donors (Lipinski definition) is 1. The lowest BCUT2D eigenvalue weighted by Gasteiger charge is -2.17. The van der Waals surface area contributed by atoms with Crippen molar-refractivity contribution in [2.24, 2.45) is 0 Å². The number of nitrogens with zero attached hydrogens (tertiary/aromatic N) is 3. The molecule has 20 heavy (non-hydrogen) atoms. The van der Waals surface area contributed by atoms with Crippen molar-refractivity contribution in [3.05, 3.63) is 32.2 Å². The van der Waals surface area contributed by atoms with Crippen LogP contribution in [0.1, 0.15) is 17.0 Å². The van der Waals surface area contributed by atoms with Crippen LogP contribution < -0.4 is 5.73 Å². The van der Waals surface area contributed by atoms with Gasteiger partial charge in [0.1, 0.15) is 6.54 Å². The first kappa shape index (κ1) is 15.1. The highest BCUT2D eigenvalue weighted by molar-refractivity contribution is 9.11. The highest BCUT2D eigenvalue weighted by Gasteiger charge is 2.15. The fourth-order valence-electron chi connectivity index (χ4n) is 1.90. The minimum Gasteiger partial charge on any atom is -0.396 e. The van der Waals surface area contributed by atoms with Crippen LogP contribution in [0.2, 0.25) is 0 Å². The minimum atomic E-state index is 0.0120. The lowest BCUT2D eigenvalue weighted by molar-refractivity contribution is -0.131. The second-order valence-corrected chi connectivity index (χ2v) is 7.04. The van der Waals surface area contributed by atoms with Crippen LogP contribution in [0, 0.1) is 13.8 Å². The van der Waals surface area contributed by atoms with Gasteiger partial charge in [-0.25, -0.2) is 0 Å². The lowest BCUT2D eigenvalue weighted by atomic mass is 10.3. The van der Waals surface area contributed by atoms with Crippen molar-refractivity contribution in [1.82, 2.24) is 14.7 Å². The van der Waals surface area contributed by atoms with E-state index in [9.17, 15) is 4.79 Å². The van der Waals surface area contributed by atoms with Crippen LogP contribution >= 0.6 is 27.3 Å². The molecule has 0 aliphatic rings. The molecule has 2 N–H and O–H groups in total. The Morgan fingerprint density at radius 3 is 2.75 bits per heavy atom. The van der Waals surface area contributed by atoms with E-state index in [4.69, 9.17) is 5.73 Å². The zero-order chi connectivity index (χ0) is 14.9. The van der Waals surface area contributed by atoms with E-state index in [-0.39, 0.29) is 12.5 Å². The summed E-state index contributed by atoms with van der Waals surface area (Å²) in [5.41, 5.74) is 9.24. The number of rotatable bonds is 4. The minimum absolute atomic E-state index is 0.0120. The number of thiophene rings is 1. The highest BCUT2D eigenvalue weighted by Crippen LogP contribution is 2.21. The van der Waals surface area contributed by atoms with E-state index < -0.39 is 0 Å². The van der Waals surface area contributed by atoms with Gasteiger partial charge in [-0.1, -0.05) is 0 Å². The number of anilines is 1. The van der Waals surface area contributed by atoms with Crippen LogP contribution in [0.5, 0.6) is 0 Å². The first-order valence-corrected chi connectivity index (χ1v) is 7.82. The molecule has 0 unspecified atom stereocenters. The van der Waals surface area contributed by atoms with E-state index in [0.717, 1.165) is 20.7 Å². The molecule has 7 heteroatoms. The normalized spacial score (nSPS) is 10.8. The van der Waals surface area contributed by atoms with Crippen LogP contribution in [0.4, 0.5) is 5.69 Å². The monoisotopic (exact) mass is 356 g/mol. The van der Waals surface area contributed by atoms with E-state index in [0.29, 0.717) is 12.2 Å². The van der Waals surface area contributed by atoms with Gasteiger partial charge in [0.15, 0.2) is 0 Å². The summed E-state index contributed by atoms with van der Waals surface area (Å²) in [6.45, 7) is 4.52. The van der Waals surface area contributed by atoms with Gasteiger partial charge in [-0.3, -0.25) is 9.48 Å². The molecule has 5 nitrogen and oxygen atoms in total.